The predicted octanol–water partition coefficient (Wildman–Crippen LogP) is 3.24. The molecule has 0 radical (unpaired) electrons. The second kappa shape index (κ2) is 4.46. The summed E-state index contributed by atoms with van der Waals surface area (Å²) in [5.41, 5.74) is 2.91. The maximum atomic E-state index is 11.0. The van der Waals surface area contributed by atoms with Crippen LogP contribution in [0.25, 0.3) is 0 Å². The van der Waals surface area contributed by atoms with Crippen molar-refractivity contribution in [2.45, 2.75) is 13.8 Å². The van der Waals surface area contributed by atoms with E-state index in [1.165, 1.54) is 7.11 Å². The summed E-state index contributed by atoms with van der Waals surface area (Å²) in [5.74, 6) is 0. The molecular formula is C10H12BrNO2. The van der Waals surface area contributed by atoms with Crippen LogP contribution in [0.1, 0.15) is 11.1 Å². The molecule has 0 heterocycles. The molecule has 0 aliphatic carbocycles. The molecule has 1 N–H and O–H groups in total. The van der Waals surface area contributed by atoms with Crippen molar-refractivity contribution < 1.29 is 9.53 Å². The Kier molecular flexibility index (Phi) is 3.52. The minimum atomic E-state index is -0.462. The van der Waals surface area contributed by atoms with E-state index in [-0.39, 0.29) is 0 Å². The molecule has 1 rings (SSSR count). The number of ether oxygens (including phenoxy) is 1. The minimum absolute atomic E-state index is 0.462. The van der Waals surface area contributed by atoms with Crippen molar-refractivity contribution in [3.63, 3.8) is 0 Å². The second-order valence-corrected chi connectivity index (χ2v) is 3.85. The molecule has 0 bridgehead atoms. The number of carbonyl (C=O) groups excluding carboxylic acids is 1. The van der Waals surface area contributed by atoms with Crippen molar-refractivity contribution >= 4 is 27.7 Å². The smallest absolute Gasteiger partial charge is 0.411 e. The van der Waals surface area contributed by atoms with E-state index in [4.69, 9.17) is 0 Å². The van der Waals surface area contributed by atoms with Crippen molar-refractivity contribution in [2.75, 3.05) is 12.4 Å². The molecule has 0 fully saturated rings. The summed E-state index contributed by atoms with van der Waals surface area (Å²) in [5, 5.41) is 2.63. The van der Waals surface area contributed by atoms with Crippen LogP contribution in [0.5, 0.6) is 0 Å². The lowest BCUT2D eigenvalue weighted by Crippen LogP contribution is -2.11. The van der Waals surface area contributed by atoms with E-state index in [1.54, 1.807) is 0 Å². The number of rotatable bonds is 1. The van der Waals surface area contributed by atoms with Crippen molar-refractivity contribution in [3.8, 4) is 0 Å². The quantitative estimate of drug-likeness (QED) is 0.839. The minimum Gasteiger partial charge on any atom is -0.453 e. The Morgan fingerprint density at radius 1 is 1.43 bits per heavy atom. The second-order valence-electron chi connectivity index (χ2n) is 3.06. The van der Waals surface area contributed by atoms with Crippen LogP contribution < -0.4 is 5.32 Å². The summed E-state index contributed by atoms with van der Waals surface area (Å²) in [6, 6.07) is 3.92. The van der Waals surface area contributed by atoms with Crippen LogP contribution in [-0.2, 0) is 4.74 Å². The third-order valence-electron chi connectivity index (χ3n) is 1.82. The standard InChI is InChI=1S/C10H12BrNO2/c1-6-4-7(2)9(11)8(5-6)12-10(13)14-3/h4-5H,1-3H3,(H,12,13). The fourth-order valence-electron chi connectivity index (χ4n) is 1.20. The van der Waals surface area contributed by atoms with Crippen molar-refractivity contribution in [1.82, 2.24) is 0 Å². The monoisotopic (exact) mass is 257 g/mol. The Balaban J connectivity index is 3.02. The summed E-state index contributed by atoms with van der Waals surface area (Å²) in [4.78, 5) is 11.0. The Morgan fingerprint density at radius 2 is 2.07 bits per heavy atom. The number of methoxy groups -OCH3 is 1. The van der Waals surface area contributed by atoms with Gasteiger partial charge in [-0.2, -0.15) is 0 Å². The van der Waals surface area contributed by atoms with Gasteiger partial charge in [-0.05, 0) is 47.0 Å². The highest BCUT2D eigenvalue weighted by molar-refractivity contribution is 9.10. The molecule has 0 atom stereocenters. The van der Waals surface area contributed by atoms with Crippen LogP contribution in [0.15, 0.2) is 16.6 Å². The molecule has 1 aromatic rings. The SMILES string of the molecule is COC(=O)Nc1cc(C)cc(C)c1Br. The van der Waals surface area contributed by atoms with Gasteiger partial charge in [-0.25, -0.2) is 4.79 Å². The fourth-order valence-corrected chi connectivity index (χ4v) is 1.53. The van der Waals surface area contributed by atoms with Gasteiger partial charge in [0.05, 0.1) is 12.8 Å². The molecular weight excluding hydrogens is 246 g/mol. The van der Waals surface area contributed by atoms with Gasteiger partial charge in [0.25, 0.3) is 0 Å². The maximum absolute atomic E-state index is 11.0. The maximum Gasteiger partial charge on any atom is 0.411 e. The van der Waals surface area contributed by atoms with Crippen LogP contribution in [-0.4, -0.2) is 13.2 Å². The molecule has 0 aromatic heterocycles. The zero-order valence-corrected chi connectivity index (χ0v) is 9.94. The molecule has 14 heavy (non-hydrogen) atoms. The molecule has 76 valence electrons. The van der Waals surface area contributed by atoms with Gasteiger partial charge in [-0.1, -0.05) is 6.07 Å². The van der Waals surface area contributed by atoms with Gasteiger partial charge in [0.2, 0.25) is 0 Å². The highest BCUT2D eigenvalue weighted by Gasteiger charge is 2.07. The first-order chi connectivity index (χ1) is 6.54. The lowest BCUT2D eigenvalue weighted by molar-refractivity contribution is 0.187. The molecule has 0 spiro atoms. The van der Waals surface area contributed by atoms with Crippen LogP contribution in [0.3, 0.4) is 0 Å². The Bertz CT molecular complexity index is 363. The molecule has 1 aromatic carbocycles. The first kappa shape index (κ1) is 11.0. The topological polar surface area (TPSA) is 38.3 Å². The summed E-state index contributed by atoms with van der Waals surface area (Å²) in [6.07, 6.45) is -0.462. The third-order valence-corrected chi connectivity index (χ3v) is 2.87. The molecule has 1 amide bonds. The van der Waals surface area contributed by atoms with Gasteiger partial charge in [0.15, 0.2) is 0 Å². The predicted molar refractivity (Wildman–Crippen MR) is 59.6 cm³/mol. The van der Waals surface area contributed by atoms with E-state index in [2.05, 4.69) is 26.0 Å². The lowest BCUT2D eigenvalue weighted by atomic mass is 10.1. The fraction of sp³-hybridized carbons (Fsp3) is 0.300. The Labute approximate surface area is 91.6 Å². The highest BCUT2D eigenvalue weighted by Crippen LogP contribution is 2.27. The normalized spacial score (nSPS) is 9.71. The van der Waals surface area contributed by atoms with E-state index >= 15 is 0 Å². The molecule has 4 heteroatoms. The zero-order valence-electron chi connectivity index (χ0n) is 8.35. The number of carbonyl (C=O) groups is 1. The largest absolute Gasteiger partial charge is 0.453 e. The first-order valence-electron chi connectivity index (χ1n) is 4.16. The number of hydrogen-bond donors (Lipinski definition) is 1. The van der Waals surface area contributed by atoms with E-state index in [0.717, 1.165) is 21.3 Å². The van der Waals surface area contributed by atoms with Gasteiger partial charge in [0.1, 0.15) is 0 Å². The number of anilines is 1. The van der Waals surface area contributed by atoms with E-state index in [9.17, 15) is 4.79 Å². The molecule has 3 nitrogen and oxygen atoms in total. The van der Waals surface area contributed by atoms with E-state index < -0.39 is 6.09 Å². The number of amides is 1. The number of halogens is 1. The third kappa shape index (κ3) is 2.48. The van der Waals surface area contributed by atoms with Crippen LogP contribution in [0.2, 0.25) is 0 Å². The van der Waals surface area contributed by atoms with E-state index in [1.807, 2.05) is 26.0 Å². The number of hydrogen-bond acceptors (Lipinski definition) is 2. The Morgan fingerprint density at radius 3 is 2.64 bits per heavy atom. The summed E-state index contributed by atoms with van der Waals surface area (Å²) in [7, 11) is 1.34. The van der Waals surface area contributed by atoms with Crippen molar-refractivity contribution in [1.29, 1.82) is 0 Å². The number of nitrogens with one attached hydrogen (secondary N) is 1. The van der Waals surface area contributed by atoms with Crippen molar-refractivity contribution in [3.05, 3.63) is 27.7 Å². The van der Waals surface area contributed by atoms with Gasteiger partial charge in [-0.3, -0.25) is 5.32 Å². The average molecular weight is 258 g/mol. The van der Waals surface area contributed by atoms with Gasteiger partial charge in [-0.15, -0.1) is 0 Å². The van der Waals surface area contributed by atoms with Crippen molar-refractivity contribution in [2.24, 2.45) is 0 Å². The molecule has 0 unspecified atom stereocenters. The summed E-state index contributed by atoms with van der Waals surface area (Å²) in [6.45, 7) is 3.95. The highest BCUT2D eigenvalue weighted by atomic mass is 79.9. The molecule has 0 aliphatic heterocycles. The average Bonchev–Trinajstić information content (AvgIpc) is 2.13. The number of benzene rings is 1. The van der Waals surface area contributed by atoms with Crippen LogP contribution in [0, 0.1) is 13.8 Å². The lowest BCUT2D eigenvalue weighted by Gasteiger charge is -2.09. The molecule has 0 saturated carbocycles. The summed E-state index contributed by atoms with van der Waals surface area (Å²) < 4.78 is 5.40. The summed E-state index contributed by atoms with van der Waals surface area (Å²) >= 11 is 3.40. The number of aryl methyl sites for hydroxylation is 2. The zero-order chi connectivity index (χ0) is 10.7. The molecule has 0 saturated heterocycles. The Hall–Kier alpha value is -1.03. The van der Waals surface area contributed by atoms with Crippen LogP contribution >= 0.6 is 15.9 Å². The molecule has 0 aliphatic rings. The first-order valence-corrected chi connectivity index (χ1v) is 4.95. The van der Waals surface area contributed by atoms with E-state index in [0.29, 0.717) is 0 Å². The van der Waals surface area contributed by atoms with Crippen LogP contribution in [0.4, 0.5) is 10.5 Å². The van der Waals surface area contributed by atoms with Gasteiger partial charge < -0.3 is 4.74 Å². The van der Waals surface area contributed by atoms with Gasteiger partial charge in [0, 0.05) is 4.47 Å². The van der Waals surface area contributed by atoms with Gasteiger partial charge >= 0.3 is 6.09 Å².